The summed E-state index contributed by atoms with van der Waals surface area (Å²) in [6, 6.07) is 18.8. The zero-order valence-electron chi connectivity index (χ0n) is 14.6. The minimum Gasteiger partial charge on any atom is -0.351 e. The highest BCUT2D eigenvalue weighted by Crippen LogP contribution is 2.54. The van der Waals surface area contributed by atoms with E-state index in [1.807, 2.05) is 6.07 Å². The zero-order valence-corrected chi connectivity index (χ0v) is 16.3. The molecule has 0 aliphatic rings. The van der Waals surface area contributed by atoms with Crippen molar-refractivity contribution in [2.24, 2.45) is 0 Å². The van der Waals surface area contributed by atoms with E-state index in [0.717, 1.165) is 18.1 Å². The predicted octanol–water partition coefficient (Wildman–Crippen LogP) is 4.68. The van der Waals surface area contributed by atoms with Crippen LogP contribution in [0.15, 0.2) is 54.6 Å². The van der Waals surface area contributed by atoms with Crippen molar-refractivity contribution in [1.82, 2.24) is 5.32 Å². The molecule has 0 saturated heterocycles. The van der Waals surface area contributed by atoms with E-state index in [4.69, 9.17) is 0 Å². The molecule has 7 heteroatoms. The Bertz CT molecular complexity index is 1180. The third kappa shape index (κ3) is 3.54. The Labute approximate surface area is 160 Å². The molecule has 138 valence electrons. The van der Waals surface area contributed by atoms with E-state index in [-0.39, 0.29) is 11.7 Å². The fourth-order valence-corrected chi connectivity index (χ4v) is 5.03. The molecule has 0 aliphatic carbocycles. The van der Waals surface area contributed by atoms with E-state index in [0.29, 0.717) is 17.9 Å². The molecule has 27 heavy (non-hydrogen) atoms. The second-order valence-electron chi connectivity index (χ2n) is 6.28. The normalized spacial score (nSPS) is 14.0. The van der Waals surface area contributed by atoms with Crippen molar-refractivity contribution >= 4 is 56.4 Å². The summed E-state index contributed by atoms with van der Waals surface area (Å²) in [4.78, 5) is 21.4. The molecule has 0 bridgehead atoms. The topological polar surface area (TPSA) is 75.6 Å². The Morgan fingerprint density at radius 1 is 1.04 bits per heavy atom. The molecule has 0 saturated carbocycles. The Morgan fingerprint density at radius 3 is 2.37 bits per heavy atom. The summed E-state index contributed by atoms with van der Waals surface area (Å²) in [6.07, 6.45) is 0. The van der Waals surface area contributed by atoms with Gasteiger partial charge < -0.3 is 14.7 Å². The van der Waals surface area contributed by atoms with Gasteiger partial charge in [-0.05, 0) is 49.3 Å². The van der Waals surface area contributed by atoms with Gasteiger partial charge in [0.1, 0.15) is 0 Å². The molecule has 5 nitrogen and oxygen atoms in total. The van der Waals surface area contributed by atoms with Crippen molar-refractivity contribution in [3.8, 4) is 0 Å². The molecule has 0 heterocycles. The number of nitrogens with one attached hydrogen (secondary N) is 1. The van der Waals surface area contributed by atoms with Crippen molar-refractivity contribution < 1.29 is 18.8 Å². The summed E-state index contributed by atoms with van der Waals surface area (Å²) in [5.41, 5.74) is 1.01. The average Bonchev–Trinajstić information content (AvgIpc) is 2.69. The molecule has 4 aromatic rings. The fourth-order valence-electron chi connectivity index (χ4n) is 3.39. The number of hydrogen-bond acceptors (Lipinski definition) is 4. The van der Waals surface area contributed by atoms with Crippen LogP contribution in [0.1, 0.15) is 5.56 Å². The number of amides is 1. The van der Waals surface area contributed by atoms with Crippen LogP contribution in [0.4, 0.5) is 0 Å². The molecule has 1 unspecified atom stereocenters. The van der Waals surface area contributed by atoms with Gasteiger partial charge in [-0.3, -0.25) is 4.79 Å². The first-order valence-corrected chi connectivity index (χ1v) is 11.6. The Hall–Kier alpha value is -2.11. The summed E-state index contributed by atoms with van der Waals surface area (Å²) in [5, 5.41) is 9.92. The lowest BCUT2D eigenvalue weighted by molar-refractivity contribution is -0.118. The molecule has 1 atom stereocenters. The molecule has 0 aliphatic heterocycles. The van der Waals surface area contributed by atoms with Gasteiger partial charge in [0.25, 0.3) is 0 Å². The van der Waals surface area contributed by atoms with Crippen LogP contribution in [0, 0.1) is 0 Å². The highest BCUT2D eigenvalue weighted by atomic mass is 32.7. The lowest BCUT2D eigenvalue weighted by Crippen LogP contribution is -2.24. The van der Waals surface area contributed by atoms with Gasteiger partial charge in [0.15, 0.2) is 0 Å². The number of rotatable bonds is 6. The predicted molar refractivity (Wildman–Crippen MR) is 111 cm³/mol. The molecule has 0 aromatic heterocycles. The van der Waals surface area contributed by atoms with Crippen LogP contribution >= 0.6 is 18.2 Å². The number of benzene rings is 4. The monoisotopic (exact) mass is 399 g/mol. The molecule has 4 aromatic carbocycles. The minimum absolute atomic E-state index is 0.131. The van der Waals surface area contributed by atoms with Gasteiger partial charge in [-0.15, -0.1) is 0 Å². The Balaban J connectivity index is 1.63. The molecule has 1 amide bonds. The van der Waals surface area contributed by atoms with Crippen LogP contribution < -0.4 is 5.32 Å². The van der Waals surface area contributed by atoms with Crippen LogP contribution in [0.5, 0.6) is 0 Å². The Kier molecular flexibility index (Phi) is 4.82. The van der Waals surface area contributed by atoms with E-state index < -0.39 is 6.80 Å². The van der Waals surface area contributed by atoms with Gasteiger partial charge in [0, 0.05) is 13.7 Å². The largest absolute Gasteiger partial charge is 0.386 e. The van der Waals surface area contributed by atoms with Gasteiger partial charge in [0.2, 0.25) is 5.91 Å². The van der Waals surface area contributed by atoms with Crippen LogP contribution in [0.3, 0.4) is 0 Å². The lowest BCUT2D eigenvalue weighted by Gasteiger charge is -2.14. The quantitative estimate of drug-likeness (QED) is 0.364. The summed E-state index contributed by atoms with van der Waals surface area (Å²) in [7, 11) is 1.15. The van der Waals surface area contributed by atoms with E-state index in [2.05, 4.69) is 58.4 Å². The van der Waals surface area contributed by atoms with Crippen LogP contribution in [-0.4, -0.2) is 23.7 Å². The van der Waals surface area contributed by atoms with E-state index >= 15 is 0 Å². The third-order valence-corrected chi connectivity index (χ3v) is 7.68. The van der Waals surface area contributed by atoms with Crippen LogP contribution in [-0.2, 0) is 20.4 Å². The van der Waals surface area contributed by atoms with Crippen molar-refractivity contribution in [2.45, 2.75) is 6.54 Å². The maximum Gasteiger partial charge on any atom is 0.386 e. The van der Waals surface area contributed by atoms with E-state index in [1.54, 1.807) is 0 Å². The summed E-state index contributed by atoms with van der Waals surface area (Å²) in [6.45, 7) is -3.39. The SMILES string of the molecule is COP(=O)(O)SCC(=O)NCc1ccc2ccc3cccc4ccc1c2c34. The number of carbonyl (C=O) groups is 1. The van der Waals surface area contributed by atoms with Gasteiger partial charge >= 0.3 is 6.80 Å². The van der Waals surface area contributed by atoms with Crippen LogP contribution in [0.2, 0.25) is 0 Å². The van der Waals surface area contributed by atoms with Gasteiger partial charge in [-0.1, -0.05) is 54.6 Å². The van der Waals surface area contributed by atoms with Crippen molar-refractivity contribution in [1.29, 1.82) is 0 Å². The van der Waals surface area contributed by atoms with Gasteiger partial charge in [-0.2, -0.15) is 0 Å². The minimum atomic E-state index is -3.75. The first-order chi connectivity index (χ1) is 13.0. The zero-order chi connectivity index (χ0) is 19.0. The molecule has 0 radical (unpaired) electrons. The molecule has 0 fully saturated rings. The molecule has 0 spiro atoms. The van der Waals surface area contributed by atoms with Crippen molar-refractivity contribution in [3.63, 3.8) is 0 Å². The highest BCUT2D eigenvalue weighted by Gasteiger charge is 2.20. The third-order valence-electron chi connectivity index (χ3n) is 4.68. The fraction of sp³-hybridized carbons (Fsp3) is 0.150. The molecular formula is C20H18NO4PS. The first-order valence-electron chi connectivity index (χ1n) is 8.44. The van der Waals surface area contributed by atoms with Crippen molar-refractivity contribution in [3.05, 3.63) is 60.2 Å². The maximum atomic E-state index is 12.0. The maximum absolute atomic E-state index is 12.0. The number of carbonyl (C=O) groups excluding carboxylic acids is 1. The second kappa shape index (κ2) is 7.13. The molecule has 2 N–H and O–H groups in total. The smallest absolute Gasteiger partial charge is 0.351 e. The Morgan fingerprint density at radius 2 is 1.67 bits per heavy atom. The summed E-state index contributed by atoms with van der Waals surface area (Å²) in [5.74, 6) is -0.440. The first kappa shape index (κ1) is 18.3. The second-order valence-corrected chi connectivity index (χ2v) is 10.3. The molecule has 4 rings (SSSR count). The van der Waals surface area contributed by atoms with Crippen molar-refractivity contribution in [2.75, 3.05) is 12.9 Å². The summed E-state index contributed by atoms with van der Waals surface area (Å²) >= 11 is 0.609. The number of hydrogen-bond donors (Lipinski definition) is 2. The standard InChI is InChI=1S/C20H18NO4PS/c1-25-26(23,24)27-12-18(22)21-11-16-8-7-15-6-5-13-3-2-4-14-9-10-17(16)20(15)19(13)14/h2-10H,11-12H2,1H3,(H,21,22)(H,23,24). The van der Waals surface area contributed by atoms with E-state index in [1.165, 1.54) is 26.9 Å². The summed E-state index contributed by atoms with van der Waals surface area (Å²) < 4.78 is 15.9. The lowest BCUT2D eigenvalue weighted by atomic mass is 9.92. The molecular weight excluding hydrogens is 381 g/mol. The van der Waals surface area contributed by atoms with Gasteiger partial charge in [0.05, 0.1) is 5.75 Å². The highest BCUT2D eigenvalue weighted by molar-refractivity contribution is 8.55. The average molecular weight is 399 g/mol. The van der Waals surface area contributed by atoms with E-state index in [9.17, 15) is 14.3 Å². The van der Waals surface area contributed by atoms with Crippen LogP contribution in [0.25, 0.3) is 32.3 Å². The van der Waals surface area contributed by atoms with Gasteiger partial charge in [-0.25, -0.2) is 4.57 Å².